The zero-order chi connectivity index (χ0) is 18.3. The van der Waals surface area contributed by atoms with Crippen LogP contribution < -0.4 is 4.74 Å². The lowest BCUT2D eigenvalue weighted by atomic mass is 9.80. The highest BCUT2D eigenvalue weighted by atomic mass is 19.4. The maximum Gasteiger partial charge on any atom is 0.411 e. The van der Waals surface area contributed by atoms with Gasteiger partial charge in [-0.05, 0) is 36.8 Å². The van der Waals surface area contributed by atoms with Crippen LogP contribution in [0, 0.1) is 11.8 Å². The lowest BCUT2D eigenvalue weighted by Crippen LogP contribution is -2.20. The monoisotopic (exact) mass is 362 g/mol. The molecule has 0 radical (unpaired) electrons. The van der Waals surface area contributed by atoms with Crippen LogP contribution in [-0.2, 0) is 4.74 Å². The Balaban J connectivity index is 1.79. The van der Waals surface area contributed by atoms with Crippen LogP contribution in [-0.4, -0.2) is 19.4 Å². The van der Waals surface area contributed by atoms with E-state index in [1.807, 2.05) is 0 Å². The molecule has 0 heterocycles. The van der Waals surface area contributed by atoms with Crippen molar-refractivity contribution in [1.29, 1.82) is 0 Å². The van der Waals surface area contributed by atoms with Gasteiger partial charge in [-0.3, -0.25) is 0 Å². The van der Waals surface area contributed by atoms with E-state index in [2.05, 4.69) is 11.7 Å². The first kappa shape index (κ1) is 20.0. The summed E-state index contributed by atoms with van der Waals surface area (Å²) in [5, 5.41) is 0. The van der Waals surface area contributed by atoms with Crippen LogP contribution in [0.15, 0.2) is 24.3 Å². The second-order valence-electron chi connectivity index (χ2n) is 6.80. The predicted octanol–water partition coefficient (Wildman–Crippen LogP) is 6.22. The van der Waals surface area contributed by atoms with E-state index >= 15 is 0 Å². The average Bonchev–Trinajstić information content (AvgIpc) is 2.59. The first-order valence-corrected chi connectivity index (χ1v) is 8.92. The van der Waals surface area contributed by atoms with E-state index in [9.17, 15) is 17.6 Å². The first-order chi connectivity index (χ1) is 11.9. The van der Waals surface area contributed by atoms with Gasteiger partial charge < -0.3 is 9.47 Å². The normalized spacial score (nSPS) is 22.6. The van der Waals surface area contributed by atoms with Crippen LogP contribution >= 0.6 is 0 Å². The van der Waals surface area contributed by atoms with Gasteiger partial charge in [-0.1, -0.05) is 44.7 Å². The van der Waals surface area contributed by atoms with Crippen LogP contribution in [0.1, 0.15) is 57.4 Å². The molecule has 2 rings (SSSR count). The van der Waals surface area contributed by atoms with Crippen LogP contribution in [0.5, 0.6) is 5.75 Å². The van der Waals surface area contributed by atoms with Crippen molar-refractivity contribution < 1.29 is 27.0 Å². The summed E-state index contributed by atoms with van der Waals surface area (Å²) in [6.45, 7) is 1.15. The standard InChI is InChI=1S/C19H26F4O2/c1-2-4-14-7-9-15(10-8-14)12-24-17-6-3-5-16(11-17)18(20)25-13-19(21,22)23/h3,5-6,11,14-15,18H,2,4,7-10,12-13H2,1H3. The lowest BCUT2D eigenvalue weighted by Gasteiger charge is -2.28. The Morgan fingerprint density at radius 1 is 1.12 bits per heavy atom. The van der Waals surface area contributed by atoms with Crippen molar-refractivity contribution in [3.8, 4) is 5.75 Å². The largest absolute Gasteiger partial charge is 0.493 e. The molecule has 1 aliphatic rings. The lowest BCUT2D eigenvalue weighted by molar-refractivity contribution is -0.203. The molecule has 1 aliphatic carbocycles. The summed E-state index contributed by atoms with van der Waals surface area (Å²) in [6.07, 6.45) is 0.546. The van der Waals surface area contributed by atoms with Crippen LogP contribution in [0.25, 0.3) is 0 Å². The average molecular weight is 362 g/mol. The number of benzene rings is 1. The van der Waals surface area contributed by atoms with E-state index < -0.39 is 19.1 Å². The van der Waals surface area contributed by atoms with Crippen molar-refractivity contribution in [2.45, 2.75) is 58.0 Å². The number of hydrogen-bond acceptors (Lipinski definition) is 2. The number of ether oxygens (including phenoxy) is 2. The molecule has 0 aliphatic heterocycles. The van der Waals surface area contributed by atoms with Gasteiger partial charge in [-0.15, -0.1) is 0 Å². The maximum atomic E-state index is 13.8. The molecule has 1 saturated carbocycles. The zero-order valence-electron chi connectivity index (χ0n) is 14.5. The van der Waals surface area contributed by atoms with Gasteiger partial charge in [0, 0.05) is 5.56 Å². The number of halogens is 4. The Hall–Kier alpha value is -1.30. The summed E-state index contributed by atoms with van der Waals surface area (Å²) in [5.74, 6) is 1.77. The molecule has 1 fully saturated rings. The molecular formula is C19H26F4O2. The molecule has 0 N–H and O–H groups in total. The third-order valence-electron chi connectivity index (χ3n) is 4.66. The van der Waals surface area contributed by atoms with Gasteiger partial charge in [-0.25, -0.2) is 4.39 Å². The Morgan fingerprint density at radius 3 is 2.44 bits per heavy atom. The summed E-state index contributed by atoms with van der Waals surface area (Å²) in [4.78, 5) is 0. The van der Waals surface area contributed by atoms with E-state index in [1.54, 1.807) is 12.1 Å². The fourth-order valence-corrected chi connectivity index (χ4v) is 3.32. The highest BCUT2D eigenvalue weighted by Crippen LogP contribution is 2.32. The second kappa shape index (κ2) is 9.41. The number of rotatable bonds is 8. The quantitative estimate of drug-likeness (QED) is 0.511. The van der Waals surface area contributed by atoms with Crippen molar-refractivity contribution in [2.75, 3.05) is 13.2 Å². The molecule has 6 heteroatoms. The zero-order valence-corrected chi connectivity index (χ0v) is 14.5. The molecule has 2 nitrogen and oxygen atoms in total. The van der Waals surface area contributed by atoms with Gasteiger partial charge >= 0.3 is 6.18 Å². The van der Waals surface area contributed by atoms with E-state index in [0.29, 0.717) is 18.3 Å². The molecule has 1 aromatic carbocycles. The Bertz CT molecular complexity index is 510. The highest BCUT2D eigenvalue weighted by molar-refractivity contribution is 5.29. The molecule has 0 aromatic heterocycles. The summed E-state index contributed by atoms with van der Waals surface area (Å²) >= 11 is 0. The van der Waals surface area contributed by atoms with E-state index in [0.717, 1.165) is 18.8 Å². The molecule has 0 saturated heterocycles. The molecule has 0 spiro atoms. The summed E-state index contributed by atoms with van der Waals surface area (Å²) < 4.78 is 60.0. The number of alkyl halides is 4. The van der Waals surface area contributed by atoms with Crippen LogP contribution in [0.2, 0.25) is 0 Å². The Morgan fingerprint density at radius 2 is 1.80 bits per heavy atom. The maximum absolute atomic E-state index is 13.8. The van der Waals surface area contributed by atoms with Gasteiger partial charge in [-0.2, -0.15) is 13.2 Å². The minimum Gasteiger partial charge on any atom is -0.493 e. The fourth-order valence-electron chi connectivity index (χ4n) is 3.32. The third-order valence-corrected chi connectivity index (χ3v) is 4.66. The summed E-state index contributed by atoms with van der Waals surface area (Å²) in [6, 6.07) is 6.04. The minimum atomic E-state index is -4.55. The smallest absolute Gasteiger partial charge is 0.411 e. The van der Waals surface area contributed by atoms with Gasteiger partial charge in [0.25, 0.3) is 0 Å². The molecule has 1 unspecified atom stereocenters. The van der Waals surface area contributed by atoms with E-state index in [-0.39, 0.29) is 5.56 Å². The van der Waals surface area contributed by atoms with Crippen LogP contribution in [0.4, 0.5) is 17.6 Å². The van der Waals surface area contributed by atoms with Gasteiger partial charge in [0.1, 0.15) is 12.4 Å². The summed E-state index contributed by atoms with van der Waals surface area (Å²) in [5.41, 5.74) is 0.0356. The first-order valence-electron chi connectivity index (χ1n) is 8.92. The van der Waals surface area contributed by atoms with E-state index in [1.165, 1.54) is 37.8 Å². The number of hydrogen-bond donors (Lipinski definition) is 0. The highest BCUT2D eigenvalue weighted by Gasteiger charge is 2.29. The fraction of sp³-hybridized carbons (Fsp3) is 0.684. The van der Waals surface area contributed by atoms with E-state index in [4.69, 9.17) is 4.74 Å². The van der Waals surface area contributed by atoms with Crippen molar-refractivity contribution in [3.05, 3.63) is 29.8 Å². The second-order valence-corrected chi connectivity index (χ2v) is 6.80. The van der Waals surface area contributed by atoms with Crippen molar-refractivity contribution in [1.82, 2.24) is 0 Å². The topological polar surface area (TPSA) is 18.5 Å². The summed E-state index contributed by atoms with van der Waals surface area (Å²) in [7, 11) is 0. The molecule has 25 heavy (non-hydrogen) atoms. The van der Waals surface area contributed by atoms with Crippen molar-refractivity contribution in [2.24, 2.45) is 11.8 Å². The van der Waals surface area contributed by atoms with Gasteiger partial charge in [0.05, 0.1) is 6.61 Å². The SMILES string of the molecule is CCCC1CCC(COc2cccc(C(F)OCC(F)(F)F)c2)CC1. The Kier molecular flexibility index (Phi) is 7.54. The third kappa shape index (κ3) is 7.22. The Labute approximate surface area is 146 Å². The molecule has 1 atom stereocenters. The molecule has 0 amide bonds. The molecule has 0 bridgehead atoms. The van der Waals surface area contributed by atoms with Gasteiger partial charge in [0.15, 0.2) is 0 Å². The van der Waals surface area contributed by atoms with Crippen LogP contribution in [0.3, 0.4) is 0 Å². The van der Waals surface area contributed by atoms with Gasteiger partial charge in [0.2, 0.25) is 6.36 Å². The van der Waals surface area contributed by atoms with Crippen molar-refractivity contribution >= 4 is 0 Å². The van der Waals surface area contributed by atoms with Crippen molar-refractivity contribution in [3.63, 3.8) is 0 Å². The molecule has 1 aromatic rings. The minimum absolute atomic E-state index is 0.0356. The molecule has 142 valence electrons. The molecular weight excluding hydrogens is 336 g/mol. The predicted molar refractivity (Wildman–Crippen MR) is 88.1 cm³/mol.